The van der Waals surface area contributed by atoms with Crippen molar-refractivity contribution < 1.29 is 4.92 Å². The maximum Gasteiger partial charge on any atom is 0.274 e. The van der Waals surface area contributed by atoms with Gasteiger partial charge in [-0.3, -0.25) is 10.1 Å². The summed E-state index contributed by atoms with van der Waals surface area (Å²) in [4.78, 5) is 10.2. The van der Waals surface area contributed by atoms with Crippen LogP contribution in [-0.2, 0) is 6.54 Å². The largest absolute Gasteiger partial charge is 0.362 e. The minimum atomic E-state index is -0.561. The number of nitrogens with one attached hydrogen (secondary N) is 2. The highest BCUT2D eigenvalue weighted by Crippen LogP contribution is 2.23. The molecule has 0 fully saturated rings. The van der Waals surface area contributed by atoms with E-state index in [1.165, 1.54) is 0 Å². The van der Waals surface area contributed by atoms with Gasteiger partial charge in [0, 0.05) is 27.3 Å². The van der Waals surface area contributed by atoms with E-state index in [9.17, 15) is 10.1 Å². The van der Waals surface area contributed by atoms with Gasteiger partial charge in [-0.1, -0.05) is 53.0 Å². The van der Waals surface area contributed by atoms with E-state index in [1.54, 1.807) is 24.3 Å². The number of nitrogens with zero attached hydrogens (tertiary/aromatic N) is 1. The summed E-state index contributed by atoms with van der Waals surface area (Å²) < 4.78 is 0. The van der Waals surface area contributed by atoms with E-state index in [4.69, 9.17) is 34.8 Å². The van der Waals surface area contributed by atoms with Crippen molar-refractivity contribution in [3.63, 3.8) is 0 Å². The Kier molecular flexibility index (Phi) is 6.10. The van der Waals surface area contributed by atoms with Crippen molar-refractivity contribution in [2.24, 2.45) is 0 Å². The second kappa shape index (κ2) is 8.06. The molecule has 2 aromatic carbocycles. The maximum atomic E-state index is 10.8. The highest BCUT2D eigenvalue weighted by Gasteiger charge is 2.07. The van der Waals surface area contributed by atoms with Crippen molar-refractivity contribution in [2.75, 3.05) is 5.32 Å². The van der Waals surface area contributed by atoms with Crippen molar-refractivity contribution in [1.82, 2.24) is 5.32 Å². The first-order chi connectivity index (χ1) is 10.9. The molecule has 0 aliphatic carbocycles. The Labute approximate surface area is 148 Å². The Bertz CT molecular complexity index is 730. The lowest BCUT2D eigenvalue weighted by Crippen LogP contribution is -2.20. The number of nitro groups is 1. The summed E-state index contributed by atoms with van der Waals surface area (Å²) in [7, 11) is 0. The highest BCUT2D eigenvalue weighted by atomic mass is 35.5. The molecule has 0 bridgehead atoms. The number of anilines is 1. The third kappa shape index (κ3) is 5.63. The molecule has 0 spiro atoms. The summed E-state index contributed by atoms with van der Waals surface area (Å²) in [6.45, 7) is 0.320. The van der Waals surface area contributed by atoms with Gasteiger partial charge < -0.3 is 10.6 Å². The molecule has 0 atom stereocenters. The van der Waals surface area contributed by atoms with Gasteiger partial charge >= 0.3 is 0 Å². The minimum Gasteiger partial charge on any atom is -0.362 e. The molecule has 0 unspecified atom stereocenters. The van der Waals surface area contributed by atoms with Crippen LogP contribution in [0.2, 0.25) is 15.1 Å². The third-order valence-electron chi connectivity index (χ3n) is 2.80. The summed E-state index contributed by atoms with van der Waals surface area (Å²) in [6, 6.07) is 12.0. The molecule has 2 N–H and O–H groups in total. The summed E-state index contributed by atoms with van der Waals surface area (Å²) in [6.07, 6.45) is 0.825. The normalized spacial score (nSPS) is 11.2. The van der Waals surface area contributed by atoms with Crippen molar-refractivity contribution in [3.8, 4) is 0 Å². The molecule has 120 valence electrons. The number of hydrogen-bond donors (Lipinski definition) is 2. The first-order valence-electron chi connectivity index (χ1n) is 6.50. The van der Waals surface area contributed by atoms with Crippen LogP contribution >= 0.6 is 34.8 Å². The van der Waals surface area contributed by atoms with E-state index < -0.39 is 4.92 Å². The molecular weight excluding hydrogens is 361 g/mol. The number of hydrogen-bond acceptors (Lipinski definition) is 4. The van der Waals surface area contributed by atoms with Crippen molar-refractivity contribution in [1.29, 1.82) is 0 Å². The fraction of sp³-hybridized carbons (Fsp3) is 0.0667. The molecule has 2 aromatic rings. The second-order valence-corrected chi connectivity index (χ2v) is 5.84. The Balaban J connectivity index is 2.14. The molecular formula is C15H12Cl3N3O2. The fourth-order valence-corrected chi connectivity index (χ4v) is 2.57. The molecule has 0 radical (unpaired) electrons. The predicted molar refractivity (Wildman–Crippen MR) is 93.5 cm³/mol. The van der Waals surface area contributed by atoms with Crippen molar-refractivity contribution >= 4 is 40.5 Å². The van der Waals surface area contributed by atoms with E-state index >= 15 is 0 Å². The molecule has 2 rings (SSSR count). The predicted octanol–water partition coefficient (Wildman–Crippen LogP) is 4.92. The van der Waals surface area contributed by atoms with Crippen molar-refractivity contribution in [3.05, 3.63) is 85.2 Å². The molecule has 0 saturated heterocycles. The molecule has 0 heterocycles. The molecule has 0 aliphatic rings. The van der Waals surface area contributed by atoms with Crippen molar-refractivity contribution in [2.45, 2.75) is 6.54 Å². The van der Waals surface area contributed by atoms with Crippen LogP contribution in [0.1, 0.15) is 5.56 Å². The molecule has 5 nitrogen and oxygen atoms in total. The Morgan fingerprint density at radius 1 is 1.13 bits per heavy atom. The van der Waals surface area contributed by atoms with Gasteiger partial charge in [-0.25, -0.2) is 0 Å². The van der Waals surface area contributed by atoms with Gasteiger partial charge in [-0.2, -0.15) is 0 Å². The maximum absolute atomic E-state index is 10.8. The topological polar surface area (TPSA) is 67.2 Å². The van der Waals surface area contributed by atoms with Crippen LogP contribution in [0, 0.1) is 10.1 Å². The molecule has 0 aliphatic heterocycles. The van der Waals surface area contributed by atoms with Crippen LogP contribution in [0.15, 0.2) is 54.5 Å². The highest BCUT2D eigenvalue weighted by molar-refractivity contribution is 6.35. The zero-order chi connectivity index (χ0) is 16.8. The second-order valence-electron chi connectivity index (χ2n) is 4.56. The van der Waals surface area contributed by atoms with Crippen LogP contribution in [0.4, 0.5) is 5.69 Å². The average molecular weight is 373 g/mol. The fourth-order valence-electron chi connectivity index (χ4n) is 1.84. The quantitative estimate of drug-likeness (QED) is 0.557. The minimum absolute atomic E-state index is 0.188. The van der Waals surface area contributed by atoms with Gasteiger partial charge in [0.05, 0.1) is 4.92 Å². The van der Waals surface area contributed by atoms with Gasteiger partial charge in [0.2, 0.25) is 0 Å². The Morgan fingerprint density at radius 2 is 1.78 bits per heavy atom. The van der Waals surface area contributed by atoms with Crippen LogP contribution in [0.25, 0.3) is 0 Å². The number of benzene rings is 2. The Hall–Kier alpha value is -1.95. The van der Waals surface area contributed by atoms with Gasteiger partial charge in [0.25, 0.3) is 6.20 Å². The lowest BCUT2D eigenvalue weighted by atomic mass is 10.2. The summed E-state index contributed by atoms with van der Waals surface area (Å²) in [5.74, 6) is 0.188. The monoisotopic (exact) mass is 371 g/mol. The number of halogens is 3. The standard InChI is InChI=1S/C15H12Cl3N3O2/c16-11-5-12(17)7-13(6-11)20-15(9-21(22)23)19-8-10-3-1-2-4-14(10)18/h1-7,9,19-20H,8H2. The molecule has 23 heavy (non-hydrogen) atoms. The smallest absolute Gasteiger partial charge is 0.274 e. The molecule has 0 amide bonds. The Morgan fingerprint density at radius 3 is 2.39 bits per heavy atom. The summed E-state index contributed by atoms with van der Waals surface area (Å²) >= 11 is 17.9. The van der Waals surface area contributed by atoms with Gasteiger partial charge in [-0.05, 0) is 29.8 Å². The molecule has 0 saturated carbocycles. The van der Waals surface area contributed by atoms with Crippen LogP contribution in [-0.4, -0.2) is 4.92 Å². The van der Waals surface area contributed by atoms with E-state index in [-0.39, 0.29) is 5.82 Å². The summed E-state index contributed by atoms with van der Waals surface area (Å²) in [5, 5.41) is 18.0. The lowest BCUT2D eigenvalue weighted by molar-refractivity contribution is -0.403. The van der Waals surface area contributed by atoms with Gasteiger partial charge in [-0.15, -0.1) is 0 Å². The first-order valence-corrected chi connectivity index (χ1v) is 7.63. The van der Waals surface area contributed by atoms with Crippen LogP contribution < -0.4 is 10.6 Å². The number of rotatable bonds is 6. The first kappa shape index (κ1) is 17.4. The van der Waals surface area contributed by atoms with E-state index in [1.807, 2.05) is 18.2 Å². The zero-order valence-corrected chi connectivity index (χ0v) is 14.0. The molecule has 8 heteroatoms. The third-order valence-corrected chi connectivity index (χ3v) is 3.61. The SMILES string of the molecule is O=[N+]([O-])C=C(NCc1ccccc1Cl)Nc1cc(Cl)cc(Cl)c1. The van der Waals surface area contributed by atoms with E-state index in [0.29, 0.717) is 27.3 Å². The lowest BCUT2D eigenvalue weighted by Gasteiger charge is -2.13. The zero-order valence-electron chi connectivity index (χ0n) is 11.7. The average Bonchev–Trinajstić information content (AvgIpc) is 2.44. The van der Waals surface area contributed by atoms with E-state index in [0.717, 1.165) is 11.8 Å². The van der Waals surface area contributed by atoms with Gasteiger partial charge in [0.1, 0.15) is 0 Å². The summed E-state index contributed by atoms with van der Waals surface area (Å²) in [5.41, 5.74) is 1.34. The van der Waals surface area contributed by atoms with Gasteiger partial charge in [0.15, 0.2) is 5.82 Å². The van der Waals surface area contributed by atoms with E-state index in [2.05, 4.69) is 10.6 Å². The van der Waals surface area contributed by atoms with Crippen LogP contribution in [0.5, 0.6) is 0 Å². The van der Waals surface area contributed by atoms with Crippen LogP contribution in [0.3, 0.4) is 0 Å². The molecule has 0 aromatic heterocycles.